The highest BCUT2D eigenvalue weighted by atomic mass is 19.3. The Balaban J connectivity index is 2.82. The van der Waals surface area contributed by atoms with Gasteiger partial charge >= 0.3 is 12.7 Å². The van der Waals surface area contributed by atoms with E-state index >= 15 is 0 Å². The first-order chi connectivity index (χ1) is 9.36. The van der Waals surface area contributed by atoms with E-state index in [4.69, 9.17) is 0 Å². The summed E-state index contributed by atoms with van der Waals surface area (Å²) < 4.78 is 32.6. The number of benzene rings is 1. The van der Waals surface area contributed by atoms with Crippen molar-refractivity contribution in [3.8, 4) is 5.75 Å². The van der Waals surface area contributed by atoms with Crippen molar-refractivity contribution in [3.05, 3.63) is 42.1 Å². The lowest BCUT2D eigenvalue weighted by molar-refractivity contribution is -0.0498. The number of carbonyl (C=O) groups is 2. The van der Waals surface area contributed by atoms with Crippen LogP contribution in [0.2, 0.25) is 0 Å². The van der Waals surface area contributed by atoms with Gasteiger partial charge in [0.2, 0.25) is 5.78 Å². The molecule has 20 heavy (non-hydrogen) atoms. The lowest BCUT2D eigenvalue weighted by Gasteiger charge is -2.17. The minimum Gasteiger partial charge on any atom is -0.452 e. The maximum atomic E-state index is 12.0. The van der Waals surface area contributed by atoms with E-state index in [9.17, 15) is 18.4 Å². The van der Waals surface area contributed by atoms with Crippen LogP contribution in [0.3, 0.4) is 0 Å². The van der Waals surface area contributed by atoms with Crippen molar-refractivity contribution in [1.82, 2.24) is 4.90 Å². The van der Waals surface area contributed by atoms with Gasteiger partial charge in [-0.05, 0) is 24.3 Å². The Hall–Kier alpha value is -2.44. The highest BCUT2D eigenvalue weighted by molar-refractivity contribution is 6.09. The summed E-state index contributed by atoms with van der Waals surface area (Å²) in [4.78, 5) is 24.2. The molecule has 0 fully saturated rings. The molecule has 0 unspecified atom stereocenters. The number of methoxy groups -OCH3 is 1. The third kappa shape index (κ3) is 3.78. The number of Topliss-reactive ketones (excluding diaryl/α,β-unsaturated/α-hetero) is 1. The van der Waals surface area contributed by atoms with E-state index in [1.54, 1.807) is 0 Å². The summed E-state index contributed by atoms with van der Waals surface area (Å²) in [5.41, 5.74) is 0.0896. The van der Waals surface area contributed by atoms with Crippen molar-refractivity contribution in [2.24, 2.45) is 0 Å². The smallest absolute Gasteiger partial charge is 0.413 e. The Morgan fingerprint density at radius 2 is 1.80 bits per heavy atom. The van der Waals surface area contributed by atoms with Crippen molar-refractivity contribution < 1.29 is 27.8 Å². The van der Waals surface area contributed by atoms with Crippen LogP contribution in [0.5, 0.6) is 5.75 Å². The number of nitrogens with zero attached hydrogens (tertiary/aromatic N) is 1. The second-order valence-corrected chi connectivity index (χ2v) is 3.71. The van der Waals surface area contributed by atoms with E-state index in [1.165, 1.54) is 38.4 Å². The SMILES string of the molecule is C=C(C(=O)c1ccc(OC(F)F)cc1)N(C)C(=O)OC. The molecule has 0 saturated carbocycles. The van der Waals surface area contributed by atoms with Crippen molar-refractivity contribution in [2.45, 2.75) is 6.61 Å². The zero-order valence-electron chi connectivity index (χ0n) is 10.9. The number of halogens is 2. The Bertz CT molecular complexity index is 514. The quantitative estimate of drug-likeness (QED) is 0.616. The number of carbonyl (C=O) groups excluding carboxylic acids is 2. The lowest BCUT2D eigenvalue weighted by Crippen LogP contribution is -2.29. The summed E-state index contributed by atoms with van der Waals surface area (Å²) in [5.74, 6) is -0.593. The molecule has 0 N–H and O–H groups in total. The van der Waals surface area contributed by atoms with E-state index in [-0.39, 0.29) is 17.0 Å². The topological polar surface area (TPSA) is 55.8 Å². The first kappa shape index (κ1) is 15.6. The van der Waals surface area contributed by atoms with Crippen LogP contribution in [0.1, 0.15) is 10.4 Å². The predicted octanol–water partition coefficient (Wildman–Crippen LogP) is 2.68. The predicted molar refractivity (Wildman–Crippen MR) is 66.7 cm³/mol. The molecule has 0 aromatic heterocycles. The first-order valence-electron chi connectivity index (χ1n) is 5.47. The van der Waals surface area contributed by atoms with Crippen LogP contribution in [0.15, 0.2) is 36.5 Å². The molecule has 1 rings (SSSR count). The van der Waals surface area contributed by atoms with Crippen LogP contribution < -0.4 is 4.74 Å². The number of allylic oxidation sites excluding steroid dienone is 1. The molecule has 1 aromatic rings. The number of rotatable bonds is 5. The van der Waals surface area contributed by atoms with Gasteiger partial charge in [-0.3, -0.25) is 9.69 Å². The standard InChI is InChI=1S/C13H13F2NO4/c1-8(16(2)13(18)19-3)11(17)9-4-6-10(7-5-9)20-12(14)15/h4-7,12H,1H2,2-3H3. The van der Waals surface area contributed by atoms with Gasteiger partial charge < -0.3 is 9.47 Å². The molecule has 7 heteroatoms. The molecule has 0 bridgehead atoms. The zero-order chi connectivity index (χ0) is 15.3. The van der Waals surface area contributed by atoms with Crippen LogP contribution in [0, 0.1) is 0 Å². The number of likely N-dealkylation sites (N-methyl/N-ethyl adjacent to an activating group) is 1. The van der Waals surface area contributed by atoms with Crippen molar-refractivity contribution in [2.75, 3.05) is 14.2 Å². The van der Waals surface area contributed by atoms with E-state index in [2.05, 4.69) is 16.1 Å². The molecular weight excluding hydrogens is 272 g/mol. The normalized spacial score (nSPS) is 10.1. The Kier molecular flexibility index (Phi) is 5.19. The summed E-state index contributed by atoms with van der Waals surface area (Å²) in [6.07, 6.45) is -0.735. The number of amides is 1. The number of hydrogen-bond acceptors (Lipinski definition) is 4. The average molecular weight is 285 g/mol. The monoisotopic (exact) mass is 285 g/mol. The van der Waals surface area contributed by atoms with E-state index in [1.807, 2.05) is 0 Å². The molecule has 0 heterocycles. The molecule has 0 spiro atoms. The van der Waals surface area contributed by atoms with Gasteiger partial charge in [0.15, 0.2) is 0 Å². The van der Waals surface area contributed by atoms with E-state index in [0.29, 0.717) is 0 Å². The van der Waals surface area contributed by atoms with Crippen LogP contribution in [-0.2, 0) is 4.74 Å². The minimum absolute atomic E-state index is 0.0662. The summed E-state index contributed by atoms with van der Waals surface area (Å²) >= 11 is 0. The second kappa shape index (κ2) is 6.65. The van der Waals surface area contributed by atoms with E-state index < -0.39 is 18.5 Å². The van der Waals surface area contributed by atoms with Crippen LogP contribution in [-0.4, -0.2) is 37.5 Å². The largest absolute Gasteiger partial charge is 0.452 e. The van der Waals surface area contributed by atoms with Gasteiger partial charge in [-0.1, -0.05) is 6.58 Å². The highest BCUT2D eigenvalue weighted by Gasteiger charge is 2.19. The fourth-order valence-electron chi connectivity index (χ4n) is 1.35. The highest BCUT2D eigenvalue weighted by Crippen LogP contribution is 2.17. The molecule has 0 atom stereocenters. The fraction of sp³-hybridized carbons (Fsp3) is 0.231. The maximum Gasteiger partial charge on any atom is 0.413 e. The van der Waals surface area contributed by atoms with Gasteiger partial charge in [0, 0.05) is 12.6 Å². The van der Waals surface area contributed by atoms with Crippen LogP contribution >= 0.6 is 0 Å². The Labute approximate surface area is 114 Å². The number of ketones is 1. The van der Waals surface area contributed by atoms with E-state index in [0.717, 1.165) is 4.90 Å². The third-order valence-electron chi connectivity index (χ3n) is 2.46. The second-order valence-electron chi connectivity index (χ2n) is 3.71. The van der Waals surface area contributed by atoms with Gasteiger partial charge in [-0.15, -0.1) is 0 Å². The Morgan fingerprint density at radius 1 is 1.25 bits per heavy atom. The summed E-state index contributed by atoms with van der Waals surface area (Å²) in [6.45, 7) is 0.562. The third-order valence-corrected chi connectivity index (χ3v) is 2.46. The molecule has 0 aliphatic heterocycles. The lowest BCUT2D eigenvalue weighted by atomic mass is 10.1. The fourth-order valence-corrected chi connectivity index (χ4v) is 1.35. The molecule has 108 valence electrons. The summed E-state index contributed by atoms with van der Waals surface area (Å²) in [5, 5.41) is 0. The molecule has 1 aromatic carbocycles. The van der Waals surface area contributed by atoms with Gasteiger partial charge in [0.05, 0.1) is 12.8 Å². The molecule has 0 saturated heterocycles. The first-order valence-corrected chi connectivity index (χ1v) is 5.47. The summed E-state index contributed by atoms with van der Waals surface area (Å²) in [7, 11) is 2.51. The van der Waals surface area contributed by atoms with Crippen LogP contribution in [0.4, 0.5) is 13.6 Å². The van der Waals surface area contributed by atoms with Crippen molar-refractivity contribution in [1.29, 1.82) is 0 Å². The van der Waals surface area contributed by atoms with Gasteiger partial charge in [-0.2, -0.15) is 8.78 Å². The maximum absolute atomic E-state index is 12.0. The van der Waals surface area contributed by atoms with Gasteiger partial charge in [-0.25, -0.2) is 4.79 Å². The van der Waals surface area contributed by atoms with Gasteiger partial charge in [0.1, 0.15) is 5.75 Å². The molecule has 0 aliphatic carbocycles. The van der Waals surface area contributed by atoms with Gasteiger partial charge in [0.25, 0.3) is 0 Å². The van der Waals surface area contributed by atoms with Crippen molar-refractivity contribution >= 4 is 11.9 Å². The van der Waals surface area contributed by atoms with Crippen LogP contribution in [0.25, 0.3) is 0 Å². The average Bonchev–Trinajstić information content (AvgIpc) is 2.44. The zero-order valence-corrected chi connectivity index (χ0v) is 10.9. The number of ether oxygens (including phenoxy) is 2. The molecule has 1 amide bonds. The number of hydrogen-bond donors (Lipinski definition) is 0. The minimum atomic E-state index is -2.93. The molecule has 0 radical (unpaired) electrons. The molecule has 0 aliphatic rings. The summed E-state index contributed by atoms with van der Waals surface area (Å²) in [6, 6.07) is 5.06. The molecular formula is C13H13F2NO4. The molecule has 5 nitrogen and oxygen atoms in total. The number of alkyl halides is 2. The Morgan fingerprint density at radius 3 is 2.25 bits per heavy atom. The van der Waals surface area contributed by atoms with Crippen molar-refractivity contribution in [3.63, 3.8) is 0 Å².